The molecule has 1 heterocycles. The first-order chi connectivity index (χ1) is 9.62. The van der Waals surface area contributed by atoms with Crippen LogP contribution in [0.5, 0.6) is 0 Å². The molecule has 1 aliphatic rings. The fourth-order valence-corrected chi connectivity index (χ4v) is 4.19. The lowest BCUT2D eigenvalue weighted by molar-refractivity contribution is -0.137. The zero-order valence-electron chi connectivity index (χ0n) is 11.1. The molecule has 0 saturated carbocycles. The van der Waals surface area contributed by atoms with E-state index in [1.54, 1.807) is 0 Å². The van der Waals surface area contributed by atoms with Crippen LogP contribution in [-0.2, 0) is 16.2 Å². The summed E-state index contributed by atoms with van der Waals surface area (Å²) in [5.74, 6) is 0. The van der Waals surface area contributed by atoms with Gasteiger partial charge in [-0.3, -0.25) is 0 Å². The van der Waals surface area contributed by atoms with Crippen molar-refractivity contribution in [2.45, 2.75) is 24.0 Å². The highest BCUT2D eigenvalue weighted by Gasteiger charge is 2.34. The summed E-state index contributed by atoms with van der Waals surface area (Å²) in [7, 11) is -3.89. The summed E-state index contributed by atoms with van der Waals surface area (Å²) in [6, 6.07) is 2.25. The molecule has 0 radical (unpaired) electrons. The third kappa shape index (κ3) is 3.50. The molecule has 0 aromatic heterocycles. The Balaban J connectivity index is 2.37. The fraction of sp³-hybridized carbons (Fsp3) is 0.500. The average Bonchev–Trinajstić information content (AvgIpc) is 2.37. The molecular formula is C12H14ClF3N2O2S. The number of benzene rings is 1. The van der Waals surface area contributed by atoms with Gasteiger partial charge in [-0.15, -0.1) is 0 Å². The number of halogens is 4. The van der Waals surface area contributed by atoms with Crippen molar-refractivity contribution in [3.8, 4) is 0 Å². The molecule has 1 atom stereocenters. The Hall–Kier alpha value is -0.830. The number of sulfonamides is 1. The van der Waals surface area contributed by atoms with Crippen molar-refractivity contribution in [1.82, 2.24) is 9.62 Å². The minimum atomic E-state index is -4.56. The zero-order valence-corrected chi connectivity index (χ0v) is 12.7. The largest absolute Gasteiger partial charge is 0.416 e. The van der Waals surface area contributed by atoms with Crippen LogP contribution in [0.4, 0.5) is 13.2 Å². The van der Waals surface area contributed by atoms with Crippen LogP contribution in [0.1, 0.15) is 12.5 Å². The number of hydrogen-bond acceptors (Lipinski definition) is 3. The smallest absolute Gasteiger partial charge is 0.312 e. The Labute approximate surface area is 125 Å². The van der Waals surface area contributed by atoms with E-state index in [1.165, 1.54) is 4.31 Å². The number of alkyl halides is 3. The second-order valence-corrected chi connectivity index (χ2v) is 7.17. The van der Waals surface area contributed by atoms with E-state index in [0.717, 1.165) is 12.1 Å². The van der Waals surface area contributed by atoms with E-state index in [4.69, 9.17) is 11.6 Å². The number of rotatable bonds is 2. The van der Waals surface area contributed by atoms with Gasteiger partial charge >= 0.3 is 6.18 Å². The molecule has 4 nitrogen and oxygen atoms in total. The summed E-state index contributed by atoms with van der Waals surface area (Å²) in [5, 5.41) is 2.67. The van der Waals surface area contributed by atoms with E-state index >= 15 is 0 Å². The lowest BCUT2D eigenvalue weighted by atomic mass is 10.2. The van der Waals surface area contributed by atoms with Gasteiger partial charge in [0.15, 0.2) is 0 Å². The highest BCUT2D eigenvalue weighted by Crippen LogP contribution is 2.34. The SMILES string of the molecule is CC1CN(S(=O)(=O)c2ccc(C(F)(F)F)cc2Cl)CCN1. The Morgan fingerprint density at radius 3 is 2.57 bits per heavy atom. The van der Waals surface area contributed by atoms with Crippen LogP contribution in [0.15, 0.2) is 23.1 Å². The Kier molecular flexibility index (Phi) is 4.53. The quantitative estimate of drug-likeness (QED) is 0.897. The average molecular weight is 343 g/mol. The fourth-order valence-electron chi connectivity index (χ4n) is 2.14. The number of nitrogens with zero attached hydrogens (tertiary/aromatic N) is 1. The maximum absolute atomic E-state index is 12.6. The molecule has 1 N–H and O–H groups in total. The van der Waals surface area contributed by atoms with Crippen LogP contribution in [0, 0.1) is 0 Å². The summed E-state index contributed by atoms with van der Waals surface area (Å²) in [6.07, 6.45) is -4.56. The van der Waals surface area contributed by atoms with Crippen molar-refractivity contribution in [2.75, 3.05) is 19.6 Å². The predicted octanol–water partition coefficient (Wildman–Crippen LogP) is 2.34. The molecule has 118 valence electrons. The van der Waals surface area contributed by atoms with Crippen LogP contribution < -0.4 is 5.32 Å². The minimum Gasteiger partial charge on any atom is -0.312 e. The van der Waals surface area contributed by atoms with Gasteiger partial charge in [0, 0.05) is 25.7 Å². The van der Waals surface area contributed by atoms with Gasteiger partial charge in [-0.05, 0) is 25.1 Å². The van der Waals surface area contributed by atoms with Crippen LogP contribution in [0.3, 0.4) is 0 Å². The molecule has 1 aliphatic heterocycles. The highest BCUT2D eigenvalue weighted by atomic mass is 35.5. The molecule has 1 unspecified atom stereocenters. The maximum atomic E-state index is 12.6. The van der Waals surface area contributed by atoms with Gasteiger partial charge in [0.2, 0.25) is 10.0 Å². The van der Waals surface area contributed by atoms with E-state index in [1.807, 2.05) is 6.92 Å². The van der Waals surface area contributed by atoms with Crippen molar-refractivity contribution < 1.29 is 21.6 Å². The van der Waals surface area contributed by atoms with Gasteiger partial charge < -0.3 is 5.32 Å². The third-order valence-corrected chi connectivity index (χ3v) is 5.56. The molecule has 0 aliphatic carbocycles. The molecule has 1 saturated heterocycles. The van der Waals surface area contributed by atoms with Gasteiger partial charge in [0.05, 0.1) is 10.6 Å². The molecule has 1 fully saturated rings. The van der Waals surface area contributed by atoms with E-state index in [0.29, 0.717) is 12.6 Å². The van der Waals surface area contributed by atoms with E-state index in [-0.39, 0.29) is 24.0 Å². The first kappa shape index (κ1) is 16.5. The highest BCUT2D eigenvalue weighted by molar-refractivity contribution is 7.89. The maximum Gasteiger partial charge on any atom is 0.416 e. The number of nitrogens with one attached hydrogen (secondary N) is 1. The van der Waals surface area contributed by atoms with Crippen molar-refractivity contribution in [1.29, 1.82) is 0 Å². The molecule has 0 bridgehead atoms. The summed E-state index contributed by atoms with van der Waals surface area (Å²) in [5.41, 5.74) is -0.972. The predicted molar refractivity (Wildman–Crippen MR) is 72.7 cm³/mol. The Bertz CT molecular complexity index is 634. The lowest BCUT2D eigenvalue weighted by Crippen LogP contribution is -2.51. The topological polar surface area (TPSA) is 49.4 Å². The van der Waals surface area contributed by atoms with Crippen molar-refractivity contribution in [2.24, 2.45) is 0 Å². The monoisotopic (exact) mass is 342 g/mol. The zero-order chi connectivity index (χ0) is 15.8. The van der Waals surface area contributed by atoms with Gasteiger partial charge in [0.25, 0.3) is 0 Å². The molecule has 0 spiro atoms. The molecule has 21 heavy (non-hydrogen) atoms. The summed E-state index contributed by atoms with van der Waals surface area (Å²) in [6.45, 7) is 2.82. The Morgan fingerprint density at radius 2 is 2.05 bits per heavy atom. The number of piperazine rings is 1. The molecular weight excluding hydrogens is 329 g/mol. The summed E-state index contributed by atoms with van der Waals surface area (Å²) in [4.78, 5) is -0.300. The second kappa shape index (κ2) is 5.75. The summed E-state index contributed by atoms with van der Waals surface area (Å²) >= 11 is 5.75. The first-order valence-corrected chi connectivity index (χ1v) is 8.04. The van der Waals surface area contributed by atoms with Crippen LogP contribution in [0.2, 0.25) is 5.02 Å². The second-order valence-electron chi connectivity index (χ2n) is 4.86. The van der Waals surface area contributed by atoms with Gasteiger partial charge in [0.1, 0.15) is 4.90 Å². The van der Waals surface area contributed by atoms with Crippen LogP contribution in [-0.4, -0.2) is 38.4 Å². The third-order valence-electron chi connectivity index (χ3n) is 3.21. The van der Waals surface area contributed by atoms with Gasteiger partial charge in [-0.25, -0.2) is 8.42 Å². The molecule has 9 heteroatoms. The molecule has 1 aromatic carbocycles. The first-order valence-electron chi connectivity index (χ1n) is 6.22. The van der Waals surface area contributed by atoms with Crippen molar-refractivity contribution >= 4 is 21.6 Å². The molecule has 1 aromatic rings. The van der Waals surface area contributed by atoms with Crippen molar-refractivity contribution in [3.63, 3.8) is 0 Å². The van der Waals surface area contributed by atoms with E-state index < -0.39 is 26.8 Å². The standard InChI is InChI=1S/C12H14ClF3N2O2S/c1-8-7-18(5-4-17-8)21(19,20)11-3-2-9(6-10(11)13)12(14,15)16/h2-3,6,8,17H,4-5,7H2,1H3. The van der Waals surface area contributed by atoms with Crippen molar-refractivity contribution in [3.05, 3.63) is 28.8 Å². The van der Waals surface area contributed by atoms with Gasteiger partial charge in [-0.1, -0.05) is 11.6 Å². The molecule has 2 rings (SSSR count). The minimum absolute atomic E-state index is 0.0262. The Morgan fingerprint density at radius 1 is 1.38 bits per heavy atom. The molecule has 0 amide bonds. The lowest BCUT2D eigenvalue weighted by Gasteiger charge is -2.31. The number of hydrogen-bond donors (Lipinski definition) is 1. The van der Waals surface area contributed by atoms with Crippen LogP contribution >= 0.6 is 11.6 Å². The summed E-state index contributed by atoms with van der Waals surface area (Å²) < 4.78 is 63.8. The van der Waals surface area contributed by atoms with E-state index in [2.05, 4.69) is 5.32 Å². The van der Waals surface area contributed by atoms with E-state index in [9.17, 15) is 21.6 Å². The normalized spacial score (nSPS) is 21.5. The van der Waals surface area contributed by atoms with Crippen LogP contribution in [0.25, 0.3) is 0 Å². The van der Waals surface area contributed by atoms with Gasteiger partial charge in [-0.2, -0.15) is 17.5 Å².